The van der Waals surface area contributed by atoms with Crippen molar-refractivity contribution >= 4 is 6.03 Å². The molecular weight excluding hydrogens is 635 g/mol. The molecule has 3 atom stereocenters. The molecule has 4 aromatic carbocycles. The van der Waals surface area contributed by atoms with Gasteiger partial charge in [-0.05, 0) is 103 Å². The average Bonchev–Trinajstić information content (AvgIpc) is 3.14. The van der Waals surface area contributed by atoms with E-state index in [4.69, 9.17) is 9.47 Å². The molecule has 2 amide bonds. The van der Waals surface area contributed by atoms with Gasteiger partial charge in [-0.1, -0.05) is 97.1 Å². The number of carbonyl (C=O) groups excluding carboxylic acids is 1. The summed E-state index contributed by atoms with van der Waals surface area (Å²) in [5.74, 6) is 2.40. The minimum absolute atomic E-state index is 0.0108. The van der Waals surface area contributed by atoms with E-state index in [9.17, 15) is 9.90 Å². The molecule has 0 radical (unpaired) electrons. The van der Waals surface area contributed by atoms with Gasteiger partial charge in [-0.2, -0.15) is 0 Å². The Balaban J connectivity index is 0.920. The van der Waals surface area contributed by atoms with Crippen molar-refractivity contribution in [3.63, 3.8) is 0 Å². The summed E-state index contributed by atoms with van der Waals surface area (Å²) >= 11 is 0. The largest absolute Gasteiger partial charge is 0.392 e. The minimum Gasteiger partial charge on any atom is -0.392 e. The van der Waals surface area contributed by atoms with E-state index in [1.54, 1.807) is 0 Å². The van der Waals surface area contributed by atoms with Gasteiger partial charge in [-0.15, -0.1) is 0 Å². The van der Waals surface area contributed by atoms with Crippen LogP contribution in [0.15, 0.2) is 103 Å². The summed E-state index contributed by atoms with van der Waals surface area (Å²) in [7, 11) is 2.14. The Kier molecular flexibility index (Phi) is 9.97. The third kappa shape index (κ3) is 8.07. The van der Waals surface area contributed by atoms with Crippen molar-refractivity contribution in [1.29, 1.82) is 0 Å². The molecule has 5 aliphatic rings. The number of nitrogens with zero attached hydrogens (tertiary/aromatic N) is 1. The topological polar surface area (TPSA) is 83.1 Å². The molecule has 3 N–H and O–H groups in total. The van der Waals surface area contributed by atoms with Crippen LogP contribution >= 0.6 is 0 Å². The quantitative estimate of drug-likeness (QED) is 0.148. The minimum atomic E-state index is -0.506. The SMILES string of the molecule is CN(Cc1ccccc1)C[C@H]1C[C@@H](c2ccc(CO)cc2)O[C@@H](c2ccc(-c3cccc(CNC(=O)NC45CC6CC(CC(C6)C4)C5)c3)cc2)O1. The number of benzene rings is 4. The number of aliphatic hydroxyl groups is 1. The molecule has 1 heterocycles. The van der Waals surface area contributed by atoms with Crippen LogP contribution in [0.5, 0.6) is 0 Å². The van der Waals surface area contributed by atoms with Gasteiger partial charge in [0.25, 0.3) is 0 Å². The maximum Gasteiger partial charge on any atom is 0.315 e. The second kappa shape index (κ2) is 14.9. The Labute approximate surface area is 302 Å². The summed E-state index contributed by atoms with van der Waals surface area (Å²) in [4.78, 5) is 15.4. The first-order valence-corrected chi connectivity index (χ1v) is 18.9. The second-order valence-electron chi connectivity index (χ2n) is 15.9. The van der Waals surface area contributed by atoms with Gasteiger partial charge in [0.05, 0.1) is 18.8 Å². The maximum atomic E-state index is 13.1. The summed E-state index contributed by atoms with van der Waals surface area (Å²) in [6, 6.07) is 35.4. The lowest BCUT2D eigenvalue weighted by molar-refractivity contribution is -0.252. The lowest BCUT2D eigenvalue weighted by atomic mass is 9.53. The van der Waals surface area contributed by atoms with Crippen molar-refractivity contribution in [1.82, 2.24) is 15.5 Å². The normalized spacial score (nSPS) is 28.1. The number of carbonyl (C=O) groups is 1. The number of ether oxygens (including phenoxy) is 2. The molecule has 4 aliphatic carbocycles. The average molecular weight is 686 g/mol. The molecule has 51 heavy (non-hydrogen) atoms. The van der Waals surface area contributed by atoms with Crippen LogP contribution in [0.2, 0.25) is 0 Å². The van der Waals surface area contributed by atoms with Crippen molar-refractivity contribution in [2.24, 2.45) is 17.8 Å². The van der Waals surface area contributed by atoms with Crippen LogP contribution < -0.4 is 10.6 Å². The van der Waals surface area contributed by atoms with Crippen molar-refractivity contribution < 1.29 is 19.4 Å². The number of hydrogen-bond acceptors (Lipinski definition) is 5. The van der Waals surface area contributed by atoms with Crippen LogP contribution in [0, 0.1) is 17.8 Å². The molecule has 4 aromatic rings. The molecule has 0 spiro atoms. The molecule has 7 nitrogen and oxygen atoms in total. The van der Waals surface area contributed by atoms with Crippen molar-refractivity contribution in [3.05, 3.63) is 131 Å². The van der Waals surface area contributed by atoms with E-state index < -0.39 is 6.29 Å². The zero-order valence-corrected chi connectivity index (χ0v) is 29.7. The number of nitrogens with one attached hydrogen (secondary N) is 2. The monoisotopic (exact) mass is 685 g/mol. The number of aliphatic hydroxyl groups excluding tert-OH is 1. The second-order valence-corrected chi connectivity index (χ2v) is 15.9. The molecule has 1 aliphatic heterocycles. The fourth-order valence-electron chi connectivity index (χ4n) is 9.76. The maximum absolute atomic E-state index is 13.1. The number of rotatable bonds is 11. The van der Waals surface area contributed by atoms with Gasteiger partial charge >= 0.3 is 6.03 Å². The highest BCUT2D eigenvalue weighted by atomic mass is 16.7. The third-order valence-corrected chi connectivity index (χ3v) is 11.7. The molecule has 0 unspecified atom stereocenters. The fraction of sp³-hybridized carbons (Fsp3) is 0.432. The first kappa shape index (κ1) is 34.1. The Morgan fingerprint density at radius 3 is 2.10 bits per heavy atom. The van der Waals surface area contributed by atoms with Gasteiger partial charge in [-0.3, -0.25) is 4.90 Å². The molecule has 7 heteroatoms. The summed E-state index contributed by atoms with van der Waals surface area (Å²) < 4.78 is 13.3. The van der Waals surface area contributed by atoms with Gasteiger partial charge in [-0.25, -0.2) is 4.79 Å². The van der Waals surface area contributed by atoms with Crippen molar-refractivity contribution in [2.45, 2.75) is 88.7 Å². The molecular formula is C44H51N3O4. The highest BCUT2D eigenvalue weighted by Gasteiger charge is 2.51. The van der Waals surface area contributed by atoms with E-state index in [1.807, 2.05) is 18.2 Å². The lowest BCUT2D eigenvalue weighted by Crippen LogP contribution is -2.61. The molecule has 266 valence electrons. The van der Waals surface area contributed by atoms with E-state index >= 15 is 0 Å². The summed E-state index contributed by atoms with van der Waals surface area (Å²) in [5, 5.41) is 16.2. The van der Waals surface area contributed by atoms with E-state index in [0.717, 1.165) is 89.9 Å². The van der Waals surface area contributed by atoms with Gasteiger partial charge < -0.3 is 25.2 Å². The number of likely N-dealkylation sites (N-methyl/N-ethyl adjacent to an activating group) is 1. The Morgan fingerprint density at radius 1 is 0.745 bits per heavy atom. The smallest absolute Gasteiger partial charge is 0.315 e. The van der Waals surface area contributed by atoms with Crippen LogP contribution in [0.4, 0.5) is 4.79 Å². The van der Waals surface area contributed by atoms with Crippen LogP contribution in [-0.4, -0.2) is 41.3 Å². The molecule has 5 fully saturated rings. The number of urea groups is 1. The first-order chi connectivity index (χ1) is 24.9. The predicted molar refractivity (Wildman–Crippen MR) is 199 cm³/mol. The highest BCUT2D eigenvalue weighted by molar-refractivity contribution is 5.75. The lowest BCUT2D eigenvalue weighted by Gasteiger charge is -2.56. The zero-order valence-electron chi connectivity index (χ0n) is 29.7. The van der Waals surface area contributed by atoms with Gasteiger partial charge in [0.2, 0.25) is 0 Å². The predicted octanol–water partition coefficient (Wildman–Crippen LogP) is 8.29. The molecule has 1 saturated heterocycles. The molecule has 4 bridgehead atoms. The first-order valence-electron chi connectivity index (χ1n) is 18.9. The highest BCUT2D eigenvalue weighted by Crippen LogP contribution is 2.55. The van der Waals surface area contributed by atoms with Crippen LogP contribution in [-0.2, 0) is 29.2 Å². The van der Waals surface area contributed by atoms with Crippen molar-refractivity contribution in [3.8, 4) is 11.1 Å². The summed E-state index contributed by atoms with van der Waals surface area (Å²) in [6.07, 6.45) is 7.64. The van der Waals surface area contributed by atoms with E-state index in [-0.39, 0.29) is 30.4 Å². The number of amides is 2. The number of hydrogen-bond donors (Lipinski definition) is 3. The Hall–Kier alpha value is -4.01. The fourth-order valence-corrected chi connectivity index (χ4v) is 9.76. The zero-order chi connectivity index (χ0) is 34.8. The van der Waals surface area contributed by atoms with Crippen LogP contribution in [0.25, 0.3) is 11.1 Å². The Bertz CT molecular complexity index is 1740. The van der Waals surface area contributed by atoms with Gasteiger partial charge in [0.15, 0.2) is 6.29 Å². The van der Waals surface area contributed by atoms with E-state index in [1.165, 1.54) is 24.8 Å². The molecule has 4 saturated carbocycles. The summed E-state index contributed by atoms with van der Waals surface area (Å²) in [5.41, 5.74) is 7.52. The molecule has 9 rings (SSSR count). The van der Waals surface area contributed by atoms with E-state index in [2.05, 4.69) is 108 Å². The van der Waals surface area contributed by atoms with Gasteiger partial charge in [0.1, 0.15) is 0 Å². The van der Waals surface area contributed by atoms with Gasteiger partial charge in [0, 0.05) is 37.2 Å². The van der Waals surface area contributed by atoms with E-state index in [0.29, 0.717) is 6.54 Å². The molecule has 0 aromatic heterocycles. The standard InChI is InChI=1S/C44H51N3O4/c1-47(27-30-6-3-2-4-7-30)28-40-22-41(37-12-10-31(29-48)11-13-37)51-42(50-40)38-16-14-36(15-17-38)39-9-5-8-32(21-39)26-45-43(49)46-44-23-33-18-34(24-44)20-35(19-33)25-44/h2-17,21,33-35,40-42,48H,18-20,22-29H2,1H3,(H2,45,46,49)/t33?,34?,35?,40-,41+,42+,44?/m1/s1. The summed E-state index contributed by atoms with van der Waals surface area (Å²) in [6.45, 7) is 2.14. The van der Waals surface area contributed by atoms with Crippen molar-refractivity contribution in [2.75, 3.05) is 13.6 Å². The van der Waals surface area contributed by atoms with Crippen LogP contribution in [0.1, 0.15) is 85.2 Å². The van der Waals surface area contributed by atoms with Crippen LogP contribution in [0.3, 0.4) is 0 Å². The Morgan fingerprint density at radius 2 is 1.41 bits per heavy atom. The third-order valence-electron chi connectivity index (χ3n) is 11.7.